The lowest BCUT2D eigenvalue weighted by Crippen LogP contribution is -2.51. The van der Waals surface area contributed by atoms with Crippen molar-refractivity contribution in [1.82, 2.24) is 4.98 Å². The van der Waals surface area contributed by atoms with Gasteiger partial charge >= 0.3 is 0 Å². The molecule has 3 atom stereocenters. The van der Waals surface area contributed by atoms with Gasteiger partial charge in [0, 0.05) is 11.3 Å². The lowest BCUT2D eigenvalue weighted by atomic mass is 9.45. The van der Waals surface area contributed by atoms with E-state index < -0.39 is 0 Å². The third kappa shape index (κ3) is 1.25. The van der Waals surface area contributed by atoms with Gasteiger partial charge in [0.25, 0.3) is 0 Å². The fourth-order valence-corrected chi connectivity index (χ4v) is 4.26. The molecule has 1 unspecified atom stereocenters. The summed E-state index contributed by atoms with van der Waals surface area (Å²) in [6.45, 7) is 4.85. The molecule has 3 aliphatic carbocycles. The molecule has 0 radical (unpaired) electrons. The summed E-state index contributed by atoms with van der Waals surface area (Å²) in [6.07, 6.45) is 4.11. The largest absolute Gasteiger partial charge is 0.375 e. The number of fused-ring (bicyclic) bond motifs is 2. The second-order valence-corrected chi connectivity index (χ2v) is 6.54. The highest BCUT2D eigenvalue weighted by Gasteiger charge is 2.54. The molecule has 1 aromatic rings. The van der Waals surface area contributed by atoms with Crippen LogP contribution in [0.1, 0.15) is 44.7 Å². The van der Waals surface area contributed by atoms with E-state index in [-0.39, 0.29) is 0 Å². The second-order valence-electron chi connectivity index (χ2n) is 5.65. The van der Waals surface area contributed by atoms with Crippen molar-refractivity contribution in [2.75, 3.05) is 5.73 Å². The smallest absolute Gasteiger partial charge is 0.180 e. The first-order valence-electron chi connectivity index (χ1n) is 5.80. The number of thiazole rings is 1. The minimum absolute atomic E-state index is 0.543. The predicted octanol–water partition coefficient (Wildman–Crippen LogP) is 3.27. The maximum atomic E-state index is 5.72. The fourth-order valence-electron chi connectivity index (χ4n) is 3.64. The summed E-state index contributed by atoms with van der Waals surface area (Å²) in [6, 6.07) is 0. The van der Waals surface area contributed by atoms with Gasteiger partial charge in [0.2, 0.25) is 0 Å². The van der Waals surface area contributed by atoms with Crippen LogP contribution in [0, 0.1) is 17.3 Å². The normalized spacial score (nSPS) is 37.3. The van der Waals surface area contributed by atoms with Crippen LogP contribution in [-0.2, 0) is 0 Å². The molecule has 0 aromatic carbocycles. The van der Waals surface area contributed by atoms with Gasteiger partial charge in [0.1, 0.15) is 0 Å². The molecule has 1 heterocycles. The maximum Gasteiger partial charge on any atom is 0.180 e. The Balaban J connectivity index is 1.88. The highest BCUT2D eigenvalue weighted by Crippen LogP contribution is 2.63. The van der Waals surface area contributed by atoms with Crippen LogP contribution in [-0.4, -0.2) is 4.98 Å². The number of nitrogen functional groups attached to an aromatic ring is 1. The molecule has 0 spiro atoms. The van der Waals surface area contributed by atoms with E-state index >= 15 is 0 Å². The molecule has 82 valence electrons. The summed E-state index contributed by atoms with van der Waals surface area (Å²) in [5.41, 5.74) is 7.52. The number of anilines is 1. The Morgan fingerprint density at radius 1 is 1.47 bits per heavy atom. The highest BCUT2D eigenvalue weighted by atomic mass is 32.1. The third-order valence-electron chi connectivity index (χ3n) is 4.78. The van der Waals surface area contributed by atoms with Crippen molar-refractivity contribution >= 4 is 16.5 Å². The topological polar surface area (TPSA) is 38.9 Å². The van der Waals surface area contributed by atoms with Gasteiger partial charge in [-0.15, -0.1) is 11.3 Å². The first-order valence-corrected chi connectivity index (χ1v) is 6.68. The quantitative estimate of drug-likeness (QED) is 0.792. The van der Waals surface area contributed by atoms with Crippen molar-refractivity contribution in [2.45, 2.75) is 39.0 Å². The molecule has 3 aliphatic rings. The van der Waals surface area contributed by atoms with Gasteiger partial charge in [-0.1, -0.05) is 13.8 Å². The van der Waals surface area contributed by atoms with Crippen molar-refractivity contribution in [1.29, 1.82) is 0 Å². The maximum absolute atomic E-state index is 5.72. The van der Waals surface area contributed by atoms with Crippen LogP contribution in [0.15, 0.2) is 5.38 Å². The Morgan fingerprint density at radius 3 is 2.80 bits per heavy atom. The zero-order valence-corrected chi connectivity index (χ0v) is 10.2. The van der Waals surface area contributed by atoms with Crippen LogP contribution < -0.4 is 5.73 Å². The molecule has 2 N–H and O–H groups in total. The minimum atomic E-state index is 0.543. The van der Waals surface area contributed by atoms with Gasteiger partial charge in [-0.25, -0.2) is 4.98 Å². The minimum Gasteiger partial charge on any atom is -0.375 e. The average molecular weight is 222 g/mol. The Hall–Kier alpha value is -0.570. The molecule has 3 heteroatoms. The zero-order chi connectivity index (χ0) is 10.6. The number of rotatable bonds is 1. The standard InChI is InChI=1S/C12H18N2S/c1-12(2)7-3-4-8(9(12)5-7)10-6-15-11(13)14-10/h6-9H,3-5H2,1-2H3,(H2,13,14)/t7-,8?,9-/m0/s1. The number of hydrogen-bond acceptors (Lipinski definition) is 3. The Labute approximate surface area is 94.9 Å². The Morgan fingerprint density at radius 2 is 2.27 bits per heavy atom. The van der Waals surface area contributed by atoms with Gasteiger partial charge < -0.3 is 5.73 Å². The molecule has 3 saturated carbocycles. The molecule has 2 bridgehead atoms. The van der Waals surface area contributed by atoms with Crippen molar-refractivity contribution in [3.8, 4) is 0 Å². The molecule has 0 amide bonds. The van der Waals surface area contributed by atoms with E-state index in [9.17, 15) is 0 Å². The molecule has 1 aromatic heterocycles. The van der Waals surface area contributed by atoms with E-state index in [1.807, 2.05) is 0 Å². The lowest BCUT2D eigenvalue weighted by Gasteiger charge is -2.59. The second kappa shape index (κ2) is 2.97. The van der Waals surface area contributed by atoms with Gasteiger partial charge in [-0.05, 0) is 36.5 Å². The molecular weight excluding hydrogens is 204 g/mol. The van der Waals surface area contributed by atoms with E-state index in [4.69, 9.17) is 5.73 Å². The van der Waals surface area contributed by atoms with Crippen LogP contribution >= 0.6 is 11.3 Å². The van der Waals surface area contributed by atoms with Gasteiger partial charge in [-0.3, -0.25) is 0 Å². The summed E-state index contributed by atoms with van der Waals surface area (Å²) in [4.78, 5) is 4.47. The van der Waals surface area contributed by atoms with Crippen molar-refractivity contribution < 1.29 is 0 Å². The van der Waals surface area contributed by atoms with E-state index in [1.165, 1.54) is 25.0 Å². The zero-order valence-electron chi connectivity index (χ0n) is 9.36. The monoisotopic (exact) mass is 222 g/mol. The molecule has 15 heavy (non-hydrogen) atoms. The Kier molecular flexibility index (Phi) is 1.91. The molecule has 0 aliphatic heterocycles. The number of hydrogen-bond donors (Lipinski definition) is 1. The summed E-state index contributed by atoms with van der Waals surface area (Å²) in [5, 5.41) is 2.89. The van der Waals surface area contributed by atoms with E-state index in [0.29, 0.717) is 11.3 Å². The average Bonchev–Trinajstić information content (AvgIpc) is 2.64. The first-order chi connectivity index (χ1) is 7.09. The molecule has 2 nitrogen and oxygen atoms in total. The van der Waals surface area contributed by atoms with Crippen LogP contribution in [0.25, 0.3) is 0 Å². The molecular formula is C12H18N2S. The number of nitrogens with two attached hydrogens (primary N) is 1. The predicted molar refractivity (Wildman–Crippen MR) is 63.9 cm³/mol. The summed E-state index contributed by atoms with van der Waals surface area (Å²) in [5.74, 6) is 2.49. The number of nitrogens with zero attached hydrogens (tertiary/aromatic N) is 1. The van der Waals surface area contributed by atoms with E-state index in [0.717, 1.165) is 17.0 Å². The summed E-state index contributed by atoms with van der Waals surface area (Å²) in [7, 11) is 0. The van der Waals surface area contributed by atoms with Crippen molar-refractivity contribution in [3.05, 3.63) is 11.1 Å². The van der Waals surface area contributed by atoms with Crippen molar-refractivity contribution in [2.24, 2.45) is 17.3 Å². The lowest BCUT2D eigenvalue weighted by molar-refractivity contribution is -0.0812. The van der Waals surface area contributed by atoms with Crippen LogP contribution in [0.5, 0.6) is 0 Å². The van der Waals surface area contributed by atoms with Crippen LogP contribution in [0.3, 0.4) is 0 Å². The fraction of sp³-hybridized carbons (Fsp3) is 0.750. The van der Waals surface area contributed by atoms with Gasteiger partial charge in [0.15, 0.2) is 5.13 Å². The molecule has 3 fully saturated rings. The van der Waals surface area contributed by atoms with Crippen LogP contribution in [0.4, 0.5) is 5.13 Å². The Bertz CT molecular complexity index is 381. The van der Waals surface area contributed by atoms with Gasteiger partial charge in [-0.2, -0.15) is 0 Å². The SMILES string of the molecule is CC1(C)[C@H]2CCC(c3csc(N)n3)[C@@H]1C2. The highest BCUT2D eigenvalue weighted by molar-refractivity contribution is 7.13. The van der Waals surface area contributed by atoms with Gasteiger partial charge in [0.05, 0.1) is 5.69 Å². The summed E-state index contributed by atoms with van der Waals surface area (Å²) >= 11 is 1.58. The number of aromatic nitrogens is 1. The first kappa shape index (κ1) is 9.64. The van der Waals surface area contributed by atoms with Crippen LogP contribution in [0.2, 0.25) is 0 Å². The molecule has 4 rings (SSSR count). The van der Waals surface area contributed by atoms with E-state index in [1.54, 1.807) is 11.3 Å². The van der Waals surface area contributed by atoms with Crippen molar-refractivity contribution in [3.63, 3.8) is 0 Å². The van der Waals surface area contributed by atoms with E-state index in [2.05, 4.69) is 24.2 Å². The molecule has 0 saturated heterocycles. The third-order valence-corrected chi connectivity index (χ3v) is 5.47. The summed E-state index contributed by atoms with van der Waals surface area (Å²) < 4.78 is 0.